The third-order valence-electron chi connectivity index (χ3n) is 2.17. The molecule has 4 N–H and O–H groups in total. The lowest BCUT2D eigenvalue weighted by Gasteiger charge is -1.90. The van der Waals surface area contributed by atoms with E-state index in [4.69, 9.17) is 29.3 Å². The molecule has 0 aliphatic rings. The van der Waals surface area contributed by atoms with Gasteiger partial charge in [0.1, 0.15) is 11.5 Å². The van der Waals surface area contributed by atoms with Crippen LogP contribution in [0.2, 0.25) is 0 Å². The number of furan rings is 2. The van der Waals surface area contributed by atoms with Gasteiger partial charge in [-0.3, -0.25) is 0 Å². The number of aliphatic hydroxyl groups excluding tert-OH is 2. The Morgan fingerprint density at radius 2 is 1.26 bits per heavy atom. The molecule has 23 heavy (non-hydrogen) atoms. The van der Waals surface area contributed by atoms with Crippen molar-refractivity contribution in [3.05, 3.63) is 47.3 Å². The molecule has 0 saturated heterocycles. The Bertz CT molecular complexity index is 558. The number of hydrogen-bond donors (Lipinski definition) is 4. The molecule has 0 aliphatic carbocycles. The summed E-state index contributed by atoms with van der Waals surface area (Å²) in [5, 5.41) is 32.6. The SMILES string of the molecule is CC(O)CO.Cc1ccc(C(=O)O)o1.Cc1ccc(C(=O)O)o1. The molecule has 2 rings (SSSR count). The number of hydrogen-bond acceptors (Lipinski definition) is 6. The van der Waals surface area contributed by atoms with Crippen molar-refractivity contribution in [3.63, 3.8) is 0 Å². The fraction of sp³-hybridized carbons (Fsp3) is 0.333. The minimum Gasteiger partial charge on any atom is -0.475 e. The van der Waals surface area contributed by atoms with Crippen molar-refractivity contribution < 1.29 is 38.8 Å². The average Bonchev–Trinajstić information content (AvgIpc) is 3.09. The highest BCUT2D eigenvalue weighted by Crippen LogP contribution is 2.05. The molecule has 0 aromatic carbocycles. The molecular weight excluding hydrogens is 308 g/mol. The Labute approximate surface area is 132 Å². The molecule has 2 heterocycles. The molecule has 1 atom stereocenters. The normalized spacial score (nSPS) is 10.7. The van der Waals surface area contributed by atoms with Crippen molar-refractivity contribution in [2.24, 2.45) is 0 Å². The lowest BCUT2D eigenvalue weighted by Crippen LogP contribution is -2.03. The maximum Gasteiger partial charge on any atom is 0.371 e. The van der Waals surface area contributed by atoms with Crippen LogP contribution in [-0.2, 0) is 0 Å². The van der Waals surface area contributed by atoms with E-state index >= 15 is 0 Å². The second-order valence-corrected chi connectivity index (χ2v) is 4.46. The first kappa shape index (κ1) is 20.4. The first-order valence-electron chi connectivity index (χ1n) is 6.55. The summed E-state index contributed by atoms with van der Waals surface area (Å²) in [5.74, 6) is -0.828. The molecule has 0 saturated carbocycles. The highest BCUT2D eigenvalue weighted by molar-refractivity contribution is 5.84. The Morgan fingerprint density at radius 3 is 1.35 bits per heavy atom. The third kappa shape index (κ3) is 9.12. The molecule has 2 aromatic heterocycles. The molecule has 8 nitrogen and oxygen atoms in total. The predicted octanol–water partition coefficient (Wildman–Crippen LogP) is 1.93. The summed E-state index contributed by atoms with van der Waals surface area (Å²) in [6.07, 6.45) is -0.560. The van der Waals surface area contributed by atoms with Gasteiger partial charge in [-0.25, -0.2) is 9.59 Å². The molecule has 0 aliphatic heterocycles. The topological polar surface area (TPSA) is 141 Å². The zero-order valence-corrected chi connectivity index (χ0v) is 13.0. The number of carboxylic acids is 2. The zero-order chi connectivity index (χ0) is 18.0. The molecule has 1 unspecified atom stereocenters. The van der Waals surface area contributed by atoms with Crippen molar-refractivity contribution in [1.29, 1.82) is 0 Å². The van der Waals surface area contributed by atoms with Crippen LogP contribution in [0.3, 0.4) is 0 Å². The van der Waals surface area contributed by atoms with Gasteiger partial charge in [0, 0.05) is 0 Å². The number of aliphatic hydroxyl groups is 2. The maximum atomic E-state index is 10.1. The van der Waals surface area contributed by atoms with Gasteiger partial charge in [-0.1, -0.05) is 0 Å². The number of aryl methyl sites for hydroxylation is 2. The van der Waals surface area contributed by atoms with Crippen molar-refractivity contribution in [1.82, 2.24) is 0 Å². The molecule has 0 bridgehead atoms. The molecular formula is C15H20O8. The minimum absolute atomic E-state index is 0.00694. The molecule has 0 radical (unpaired) electrons. The zero-order valence-electron chi connectivity index (χ0n) is 13.0. The van der Waals surface area contributed by atoms with E-state index in [1.807, 2.05) is 0 Å². The van der Waals surface area contributed by atoms with Crippen molar-refractivity contribution >= 4 is 11.9 Å². The van der Waals surface area contributed by atoms with Crippen LogP contribution in [0, 0.1) is 13.8 Å². The van der Waals surface area contributed by atoms with Crippen LogP contribution in [0.1, 0.15) is 39.6 Å². The Hall–Kier alpha value is -2.58. The van der Waals surface area contributed by atoms with Crippen molar-refractivity contribution in [2.75, 3.05) is 6.61 Å². The van der Waals surface area contributed by atoms with E-state index in [2.05, 4.69) is 0 Å². The van der Waals surface area contributed by atoms with E-state index in [0.29, 0.717) is 11.5 Å². The van der Waals surface area contributed by atoms with Crippen LogP contribution >= 0.6 is 0 Å². The first-order valence-corrected chi connectivity index (χ1v) is 6.55. The second-order valence-electron chi connectivity index (χ2n) is 4.46. The van der Waals surface area contributed by atoms with Crippen LogP contribution in [0.25, 0.3) is 0 Å². The summed E-state index contributed by atoms with van der Waals surface area (Å²) in [5.41, 5.74) is 0. The van der Waals surface area contributed by atoms with Crippen LogP contribution in [-0.4, -0.2) is 45.1 Å². The van der Waals surface area contributed by atoms with Gasteiger partial charge in [0.25, 0.3) is 0 Å². The lowest BCUT2D eigenvalue weighted by molar-refractivity contribution is 0.0651. The number of rotatable bonds is 3. The highest BCUT2D eigenvalue weighted by Gasteiger charge is 2.05. The standard InChI is InChI=1S/2C6H6O3.C3H8O2/c2*1-4-2-3-5(9-4)6(7)8;1-3(5)2-4/h2*2-3H,1H3,(H,7,8);3-5H,2H2,1H3. The Kier molecular flexibility index (Phi) is 9.05. The average molecular weight is 328 g/mol. The predicted molar refractivity (Wildman–Crippen MR) is 79.6 cm³/mol. The smallest absolute Gasteiger partial charge is 0.371 e. The largest absolute Gasteiger partial charge is 0.475 e. The van der Waals surface area contributed by atoms with Gasteiger partial charge in [0.2, 0.25) is 11.5 Å². The third-order valence-corrected chi connectivity index (χ3v) is 2.17. The summed E-state index contributed by atoms with van der Waals surface area (Å²) in [6, 6.07) is 6.09. The molecule has 0 fully saturated rings. The molecule has 8 heteroatoms. The molecule has 0 spiro atoms. The van der Waals surface area contributed by atoms with Gasteiger partial charge in [-0.05, 0) is 45.0 Å². The molecule has 2 aromatic rings. The van der Waals surface area contributed by atoms with E-state index in [1.165, 1.54) is 19.1 Å². The van der Waals surface area contributed by atoms with Crippen LogP contribution in [0.5, 0.6) is 0 Å². The summed E-state index contributed by atoms with van der Waals surface area (Å²) in [4.78, 5) is 20.2. The maximum absolute atomic E-state index is 10.1. The minimum atomic E-state index is -1.02. The summed E-state index contributed by atoms with van der Waals surface area (Å²) in [7, 11) is 0. The molecule has 0 amide bonds. The van der Waals surface area contributed by atoms with Crippen molar-refractivity contribution in [2.45, 2.75) is 26.9 Å². The van der Waals surface area contributed by atoms with Gasteiger partial charge < -0.3 is 29.3 Å². The Balaban J connectivity index is 0.000000332. The molecule has 128 valence electrons. The number of carboxylic acid groups (broad SMARTS) is 2. The van der Waals surface area contributed by atoms with E-state index < -0.39 is 18.0 Å². The van der Waals surface area contributed by atoms with E-state index in [0.717, 1.165) is 0 Å². The van der Waals surface area contributed by atoms with E-state index in [9.17, 15) is 9.59 Å². The number of carbonyl (C=O) groups is 2. The highest BCUT2D eigenvalue weighted by atomic mass is 16.4. The van der Waals surface area contributed by atoms with E-state index in [1.54, 1.807) is 26.0 Å². The lowest BCUT2D eigenvalue weighted by atomic mass is 10.4. The summed E-state index contributed by atoms with van der Waals surface area (Å²) in [6.45, 7) is 4.79. The second kappa shape index (κ2) is 10.2. The van der Waals surface area contributed by atoms with Crippen molar-refractivity contribution in [3.8, 4) is 0 Å². The van der Waals surface area contributed by atoms with Crippen LogP contribution in [0.15, 0.2) is 33.1 Å². The summed E-state index contributed by atoms with van der Waals surface area (Å²) < 4.78 is 9.49. The quantitative estimate of drug-likeness (QED) is 0.669. The number of aromatic carboxylic acids is 2. The monoisotopic (exact) mass is 328 g/mol. The summed E-state index contributed by atoms with van der Waals surface area (Å²) >= 11 is 0. The van der Waals surface area contributed by atoms with Crippen LogP contribution < -0.4 is 0 Å². The van der Waals surface area contributed by atoms with Gasteiger partial charge in [0.05, 0.1) is 12.7 Å². The van der Waals surface area contributed by atoms with Gasteiger partial charge >= 0.3 is 11.9 Å². The van der Waals surface area contributed by atoms with Gasteiger partial charge in [-0.15, -0.1) is 0 Å². The fourth-order valence-electron chi connectivity index (χ4n) is 1.10. The van der Waals surface area contributed by atoms with Gasteiger partial charge in [-0.2, -0.15) is 0 Å². The Morgan fingerprint density at radius 1 is 0.957 bits per heavy atom. The first-order chi connectivity index (χ1) is 10.7. The fourth-order valence-corrected chi connectivity index (χ4v) is 1.10. The van der Waals surface area contributed by atoms with Gasteiger partial charge in [0.15, 0.2) is 0 Å². The van der Waals surface area contributed by atoms with E-state index in [-0.39, 0.29) is 18.1 Å². The van der Waals surface area contributed by atoms with Crippen LogP contribution in [0.4, 0.5) is 0 Å².